The number of anilines is 2. The molecule has 0 aliphatic heterocycles. The average Bonchev–Trinajstić information content (AvgIpc) is 3.07. The Balaban J connectivity index is 1.28. The van der Waals surface area contributed by atoms with Crippen LogP contribution in [0.5, 0.6) is 0 Å². The fourth-order valence-corrected chi connectivity index (χ4v) is 7.13. The third-order valence-electron chi connectivity index (χ3n) is 10.2. The van der Waals surface area contributed by atoms with E-state index in [4.69, 9.17) is 0 Å². The number of nitrogens with zero attached hydrogens (tertiary/aromatic N) is 1. The summed E-state index contributed by atoms with van der Waals surface area (Å²) in [6, 6.07) is 28.7. The van der Waals surface area contributed by atoms with Crippen molar-refractivity contribution in [2.24, 2.45) is 0 Å². The van der Waals surface area contributed by atoms with Crippen molar-refractivity contribution in [3.8, 4) is 0 Å². The highest BCUT2D eigenvalue weighted by Crippen LogP contribution is 2.43. The van der Waals surface area contributed by atoms with Crippen molar-refractivity contribution in [2.45, 2.75) is 65.7 Å². The van der Waals surface area contributed by atoms with E-state index in [1.54, 1.807) is 0 Å². The van der Waals surface area contributed by atoms with E-state index in [0.717, 1.165) is 18.5 Å². The van der Waals surface area contributed by atoms with Gasteiger partial charge in [-0.2, -0.15) is 0 Å². The van der Waals surface area contributed by atoms with Crippen LogP contribution < -0.4 is 4.90 Å². The molecule has 2 aliphatic carbocycles. The van der Waals surface area contributed by atoms with Gasteiger partial charge in [0.25, 0.3) is 0 Å². The van der Waals surface area contributed by atoms with E-state index < -0.39 is 0 Å². The molecule has 0 aromatic heterocycles. The van der Waals surface area contributed by atoms with Crippen molar-refractivity contribution in [2.75, 3.05) is 4.90 Å². The molecule has 0 saturated heterocycles. The minimum Gasteiger partial charge on any atom is -0.311 e. The van der Waals surface area contributed by atoms with Gasteiger partial charge in [-0.3, -0.25) is 0 Å². The Morgan fingerprint density at radius 2 is 1.40 bits per heavy atom. The maximum atomic E-state index is 4.22. The average molecular weight is 588 g/mol. The summed E-state index contributed by atoms with van der Waals surface area (Å²) >= 11 is 0. The van der Waals surface area contributed by atoms with Crippen LogP contribution in [0.25, 0.3) is 11.6 Å². The first-order valence-electron chi connectivity index (χ1n) is 16.2. The van der Waals surface area contributed by atoms with Gasteiger partial charge in [0.15, 0.2) is 0 Å². The molecule has 1 nitrogen and oxygen atoms in total. The van der Waals surface area contributed by atoms with Crippen LogP contribution in [0.3, 0.4) is 0 Å². The molecule has 0 spiro atoms. The van der Waals surface area contributed by atoms with Gasteiger partial charge in [-0.15, -0.1) is 0 Å². The zero-order valence-corrected chi connectivity index (χ0v) is 27.7. The van der Waals surface area contributed by atoms with Crippen LogP contribution in [0.4, 0.5) is 11.4 Å². The second-order valence-electron chi connectivity index (χ2n) is 13.1. The quantitative estimate of drug-likeness (QED) is 0.208. The second kappa shape index (κ2) is 12.4. The highest BCUT2D eigenvalue weighted by molar-refractivity contribution is 5.76. The van der Waals surface area contributed by atoms with E-state index in [9.17, 15) is 0 Å². The predicted molar refractivity (Wildman–Crippen MR) is 195 cm³/mol. The Morgan fingerprint density at radius 1 is 0.733 bits per heavy atom. The maximum absolute atomic E-state index is 4.22. The Hall–Kier alpha value is -4.62. The lowest BCUT2D eigenvalue weighted by molar-refractivity contribution is 0.588. The molecule has 0 radical (unpaired) electrons. The summed E-state index contributed by atoms with van der Waals surface area (Å²) in [5.74, 6) is 0.386. The molecule has 2 atom stereocenters. The lowest BCUT2D eigenvalue weighted by Gasteiger charge is -2.36. The van der Waals surface area contributed by atoms with Gasteiger partial charge in [0.2, 0.25) is 0 Å². The van der Waals surface area contributed by atoms with Gasteiger partial charge in [0, 0.05) is 28.4 Å². The SMILES string of the molecule is C=Cc1c(C)c(C)c(C)c(C)c1C1(C)C=CC(N(c2ccccc2)c2ccc(C3C=CC(c4ccc(C)cc4)=CC3)cc2)=CC1. The van der Waals surface area contributed by atoms with Crippen LogP contribution in [0.15, 0.2) is 128 Å². The Labute approximate surface area is 270 Å². The van der Waals surface area contributed by atoms with Crippen LogP contribution in [0.2, 0.25) is 0 Å². The third kappa shape index (κ3) is 5.80. The molecule has 6 rings (SSSR count). The Morgan fingerprint density at radius 3 is 2.00 bits per heavy atom. The minimum atomic E-state index is -0.106. The molecule has 226 valence electrons. The molecule has 0 amide bonds. The van der Waals surface area contributed by atoms with E-state index >= 15 is 0 Å². The summed E-state index contributed by atoms with van der Waals surface area (Å²) in [5.41, 5.74) is 16.8. The van der Waals surface area contributed by atoms with E-state index in [1.165, 1.54) is 67.0 Å². The van der Waals surface area contributed by atoms with Crippen LogP contribution in [0, 0.1) is 34.6 Å². The van der Waals surface area contributed by atoms with E-state index in [2.05, 4.69) is 174 Å². The highest BCUT2D eigenvalue weighted by Gasteiger charge is 2.32. The number of hydrogen-bond acceptors (Lipinski definition) is 1. The molecular formula is C44H45N. The molecule has 1 heteroatoms. The van der Waals surface area contributed by atoms with Gasteiger partial charge in [-0.1, -0.05) is 110 Å². The summed E-state index contributed by atoms with van der Waals surface area (Å²) in [6.45, 7) is 17.7. The molecule has 0 bridgehead atoms. The van der Waals surface area contributed by atoms with Gasteiger partial charge < -0.3 is 4.90 Å². The Bertz CT molecular complexity index is 1850. The summed E-state index contributed by atoms with van der Waals surface area (Å²) < 4.78 is 0. The van der Waals surface area contributed by atoms with Gasteiger partial charge in [-0.25, -0.2) is 0 Å². The number of para-hydroxylation sites is 1. The van der Waals surface area contributed by atoms with E-state index in [1.807, 2.05) is 0 Å². The summed E-state index contributed by atoms with van der Waals surface area (Å²) in [4.78, 5) is 2.39. The van der Waals surface area contributed by atoms with Crippen molar-refractivity contribution in [1.29, 1.82) is 0 Å². The number of allylic oxidation sites excluding steroid dienone is 7. The molecule has 2 aliphatic rings. The van der Waals surface area contributed by atoms with E-state index in [-0.39, 0.29) is 5.41 Å². The van der Waals surface area contributed by atoms with Crippen molar-refractivity contribution in [3.05, 3.63) is 178 Å². The number of rotatable bonds is 7. The van der Waals surface area contributed by atoms with Gasteiger partial charge >= 0.3 is 0 Å². The molecule has 0 fully saturated rings. The number of benzene rings is 4. The molecule has 2 unspecified atom stereocenters. The van der Waals surface area contributed by atoms with Gasteiger partial charge in [0.1, 0.15) is 0 Å². The zero-order chi connectivity index (χ0) is 31.7. The Kier molecular flexibility index (Phi) is 8.38. The number of hydrogen-bond donors (Lipinski definition) is 0. The monoisotopic (exact) mass is 587 g/mol. The first-order valence-corrected chi connectivity index (χ1v) is 16.2. The van der Waals surface area contributed by atoms with Gasteiger partial charge in [-0.05, 0) is 128 Å². The first kappa shape index (κ1) is 30.4. The van der Waals surface area contributed by atoms with Crippen LogP contribution in [-0.2, 0) is 5.41 Å². The topological polar surface area (TPSA) is 3.24 Å². The smallest absolute Gasteiger partial charge is 0.0461 e. The summed E-state index contributed by atoms with van der Waals surface area (Å²) in [6.07, 6.45) is 18.2. The normalized spacial score (nSPS) is 19.2. The molecule has 45 heavy (non-hydrogen) atoms. The van der Waals surface area contributed by atoms with Crippen LogP contribution in [0.1, 0.15) is 75.8 Å². The van der Waals surface area contributed by atoms with Crippen molar-refractivity contribution in [3.63, 3.8) is 0 Å². The van der Waals surface area contributed by atoms with Crippen molar-refractivity contribution in [1.82, 2.24) is 0 Å². The predicted octanol–water partition coefficient (Wildman–Crippen LogP) is 11.9. The molecule has 0 saturated carbocycles. The summed E-state index contributed by atoms with van der Waals surface area (Å²) in [5, 5.41) is 0. The lowest BCUT2D eigenvalue weighted by atomic mass is 9.70. The molecule has 0 N–H and O–H groups in total. The maximum Gasteiger partial charge on any atom is 0.0461 e. The van der Waals surface area contributed by atoms with E-state index in [0.29, 0.717) is 5.92 Å². The molecule has 4 aromatic carbocycles. The second-order valence-corrected chi connectivity index (χ2v) is 13.1. The molecule has 4 aromatic rings. The minimum absolute atomic E-state index is 0.106. The van der Waals surface area contributed by atoms with Crippen LogP contribution >= 0.6 is 0 Å². The number of aryl methyl sites for hydroxylation is 1. The summed E-state index contributed by atoms with van der Waals surface area (Å²) in [7, 11) is 0. The fraction of sp³-hybridized carbons (Fsp3) is 0.227. The van der Waals surface area contributed by atoms with Crippen LogP contribution in [-0.4, -0.2) is 0 Å². The molecule has 0 heterocycles. The van der Waals surface area contributed by atoms with Crippen molar-refractivity contribution < 1.29 is 0 Å². The third-order valence-corrected chi connectivity index (χ3v) is 10.2. The molecular weight excluding hydrogens is 542 g/mol. The first-order chi connectivity index (χ1) is 21.7. The standard InChI is InChI=1S/C44H45N/c1-8-42-33(5)31(3)32(4)34(6)43(42)44(7)28-26-41(27-29-44)45(39-12-10-9-11-13-39)40-24-22-38(23-25-40)37-20-18-36(19-21-37)35-16-14-30(2)15-17-35/h8-20,22-28,37H,1,21,29H2,2-7H3. The van der Waals surface area contributed by atoms with Gasteiger partial charge in [0.05, 0.1) is 0 Å². The fourth-order valence-electron chi connectivity index (χ4n) is 7.13. The lowest BCUT2D eigenvalue weighted by Crippen LogP contribution is -2.27. The van der Waals surface area contributed by atoms with Crippen molar-refractivity contribution >= 4 is 23.0 Å². The highest BCUT2D eigenvalue weighted by atomic mass is 15.1. The largest absolute Gasteiger partial charge is 0.311 e. The zero-order valence-electron chi connectivity index (χ0n) is 27.7.